The summed E-state index contributed by atoms with van der Waals surface area (Å²) in [7, 11) is 3.70. The van der Waals surface area contributed by atoms with Crippen molar-refractivity contribution in [1.82, 2.24) is 4.90 Å². The van der Waals surface area contributed by atoms with Gasteiger partial charge in [-0.1, -0.05) is 32.9 Å². The van der Waals surface area contributed by atoms with E-state index in [1.165, 1.54) is 0 Å². The van der Waals surface area contributed by atoms with E-state index >= 15 is 0 Å². The molecule has 0 radical (unpaired) electrons. The van der Waals surface area contributed by atoms with Gasteiger partial charge in [-0.25, -0.2) is 0 Å². The van der Waals surface area contributed by atoms with Crippen molar-refractivity contribution in [3.05, 3.63) is 29.8 Å². The lowest BCUT2D eigenvalue weighted by Crippen LogP contribution is -2.39. The number of ether oxygens (including phenoxy) is 1. The van der Waals surface area contributed by atoms with Crippen molar-refractivity contribution in [2.45, 2.75) is 39.8 Å². The van der Waals surface area contributed by atoms with Crippen LogP contribution in [-0.4, -0.2) is 36.8 Å². The first-order valence-corrected chi connectivity index (χ1v) is 6.77. The predicted octanol–water partition coefficient (Wildman–Crippen LogP) is 3.10. The zero-order chi connectivity index (χ0) is 14.6. The average Bonchev–Trinajstić information content (AvgIpc) is 2.35. The minimum atomic E-state index is -0.488. The molecule has 1 rings (SSSR count). The van der Waals surface area contributed by atoms with Gasteiger partial charge >= 0.3 is 0 Å². The van der Waals surface area contributed by atoms with Crippen LogP contribution in [0.25, 0.3) is 0 Å². The Morgan fingerprint density at radius 2 is 1.74 bits per heavy atom. The summed E-state index contributed by atoms with van der Waals surface area (Å²) in [6, 6.07) is 7.69. The standard InChI is InChI=1S/C16H27NO2/c1-12(17(5)11-16(2,3)4)15(18)13-7-9-14(19-6)10-8-13/h7-10,12,15,18H,11H2,1-6H3. The SMILES string of the molecule is COc1ccc(C(O)C(C)N(C)CC(C)(C)C)cc1. The number of benzene rings is 1. The van der Waals surface area contributed by atoms with E-state index in [0.717, 1.165) is 17.9 Å². The van der Waals surface area contributed by atoms with Crippen molar-refractivity contribution in [2.24, 2.45) is 5.41 Å². The molecule has 3 heteroatoms. The first-order chi connectivity index (χ1) is 8.74. The maximum absolute atomic E-state index is 10.4. The molecule has 0 aromatic heterocycles. The molecule has 3 nitrogen and oxygen atoms in total. The molecule has 0 aliphatic carbocycles. The van der Waals surface area contributed by atoms with Gasteiger partial charge in [0, 0.05) is 12.6 Å². The van der Waals surface area contributed by atoms with Crippen molar-refractivity contribution in [3.63, 3.8) is 0 Å². The van der Waals surface area contributed by atoms with Gasteiger partial charge in [0.1, 0.15) is 5.75 Å². The van der Waals surface area contributed by atoms with Crippen LogP contribution in [0.15, 0.2) is 24.3 Å². The number of nitrogens with zero attached hydrogens (tertiary/aromatic N) is 1. The van der Waals surface area contributed by atoms with Gasteiger partial charge in [0.15, 0.2) is 0 Å². The summed E-state index contributed by atoms with van der Waals surface area (Å²) < 4.78 is 5.13. The zero-order valence-electron chi connectivity index (χ0n) is 13.0. The van der Waals surface area contributed by atoms with E-state index < -0.39 is 6.10 Å². The van der Waals surface area contributed by atoms with Crippen LogP contribution in [-0.2, 0) is 0 Å². The van der Waals surface area contributed by atoms with Crippen LogP contribution in [0.1, 0.15) is 39.4 Å². The normalized spacial score (nSPS) is 15.4. The maximum Gasteiger partial charge on any atom is 0.118 e. The molecule has 0 saturated heterocycles. The Kier molecular flexibility index (Phi) is 5.39. The molecule has 0 amide bonds. The molecule has 108 valence electrons. The molecular weight excluding hydrogens is 238 g/mol. The Balaban J connectivity index is 2.72. The van der Waals surface area contributed by atoms with E-state index in [9.17, 15) is 5.11 Å². The minimum absolute atomic E-state index is 0.0765. The van der Waals surface area contributed by atoms with Crippen LogP contribution < -0.4 is 4.74 Å². The summed E-state index contributed by atoms with van der Waals surface area (Å²) in [4.78, 5) is 2.20. The first kappa shape index (κ1) is 16.0. The quantitative estimate of drug-likeness (QED) is 0.888. The minimum Gasteiger partial charge on any atom is -0.497 e. The Hall–Kier alpha value is -1.06. The van der Waals surface area contributed by atoms with E-state index in [-0.39, 0.29) is 11.5 Å². The van der Waals surface area contributed by atoms with E-state index in [1.807, 2.05) is 24.3 Å². The summed E-state index contributed by atoms with van der Waals surface area (Å²) in [5.74, 6) is 0.812. The molecule has 1 N–H and O–H groups in total. The lowest BCUT2D eigenvalue weighted by molar-refractivity contribution is 0.0556. The fraction of sp³-hybridized carbons (Fsp3) is 0.625. The lowest BCUT2D eigenvalue weighted by atomic mass is 9.94. The molecule has 0 aliphatic rings. The van der Waals surface area contributed by atoms with Gasteiger partial charge < -0.3 is 14.7 Å². The van der Waals surface area contributed by atoms with Crippen molar-refractivity contribution in [3.8, 4) is 5.75 Å². The molecule has 0 fully saturated rings. The smallest absolute Gasteiger partial charge is 0.118 e. The van der Waals surface area contributed by atoms with Gasteiger partial charge in [-0.15, -0.1) is 0 Å². The third-order valence-corrected chi connectivity index (χ3v) is 3.33. The Labute approximate surface area is 117 Å². The lowest BCUT2D eigenvalue weighted by Gasteiger charge is -2.34. The van der Waals surface area contributed by atoms with Crippen LogP contribution in [0.3, 0.4) is 0 Å². The fourth-order valence-corrected chi connectivity index (χ4v) is 2.21. The van der Waals surface area contributed by atoms with Crippen LogP contribution in [0.4, 0.5) is 0 Å². The van der Waals surface area contributed by atoms with Crippen LogP contribution in [0.2, 0.25) is 0 Å². The van der Waals surface area contributed by atoms with E-state index in [4.69, 9.17) is 4.74 Å². The van der Waals surface area contributed by atoms with Gasteiger partial charge in [-0.05, 0) is 37.1 Å². The largest absolute Gasteiger partial charge is 0.497 e. The van der Waals surface area contributed by atoms with E-state index in [0.29, 0.717) is 0 Å². The third kappa shape index (κ3) is 4.84. The summed E-state index contributed by atoms with van der Waals surface area (Å²) >= 11 is 0. The van der Waals surface area contributed by atoms with E-state index in [2.05, 4.69) is 39.6 Å². The number of methoxy groups -OCH3 is 1. The van der Waals surface area contributed by atoms with Gasteiger partial charge in [-0.2, -0.15) is 0 Å². The van der Waals surface area contributed by atoms with Crippen LogP contribution >= 0.6 is 0 Å². The van der Waals surface area contributed by atoms with Crippen molar-refractivity contribution in [1.29, 1.82) is 0 Å². The molecule has 1 aromatic rings. The number of likely N-dealkylation sites (N-methyl/N-ethyl adjacent to an activating group) is 1. The topological polar surface area (TPSA) is 32.7 Å². The predicted molar refractivity (Wildman–Crippen MR) is 79.5 cm³/mol. The third-order valence-electron chi connectivity index (χ3n) is 3.33. The molecule has 0 aliphatic heterocycles. The molecule has 0 bridgehead atoms. The summed E-state index contributed by atoms with van der Waals surface area (Å²) in [6.07, 6.45) is -0.488. The second-order valence-corrected chi connectivity index (χ2v) is 6.43. The highest BCUT2D eigenvalue weighted by atomic mass is 16.5. The molecule has 0 heterocycles. The van der Waals surface area contributed by atoms with E-state index in [1.54, 1.807) is 7.11 Å². The number of aliphatic hydroxyl groups is 1. The summed E-state index contributed by atoms with van der Waals surface area (Å²) in [6.45, 7) is 9.62. The molecule has 0 spiro atoms. The molecule has 2 unspecified atom stereocenters. The highest BCUT2D eigenvalue weighted by molar-refractivity contribution is 5.29. The molecule has 1 aromatic carbocycles. The maximum atomic E-state index is 10.4. The Morgan fingerprint density at radius 1 is 1.21 bits per heavy atom. The van der Waals surface area contributed by atoms with Crippen molar-refractivity contribution >= 4 is 0 Å². The zero-order valence-corrected chi connectivity index (χ0v) is 13.0. The Bertz CT molecular complexity index is 381. The highest BCUT2D eigenvalue weighted by Gasteiger charge is 2.23. The molecule has 19 heavy (non-hydrogen) atoms. The monoisotopic (exact) mass is 265 g/mol. The second-order valence-electron chi connectivity index (χ2n) is 6.43. The summed E-state index contributed by atoms with van der Waals surface area (Å²) in [5, 5.41) is 10.4. The van der Waals surface area contributed by atoms with Gasteiger partial charge in [-0.3, -0.25) is 0 Å². The number of aliphatic hydroxyl groups excluding tert-OH is 1. The van der Waals surface area contributed by atoms with Gasteiger partial charge in [0.25, 0.3) is 0 Å². The van der Waals surface area contributed by atoms with Crippen LogP contribution in [0.5, 0.6) is 5.75 Å². The molecular formula is C16H27NO2. The number of hydrogen-bond donors (Lipinski definition) is 1. The highest BCUT2D eigenvalue weighted by Crippen LogP contribution is 2.24. The van der Waals surface area contributed by atoms with Gasteiger partial charge in [0.2, 0.25) is 0 Å². The fourth-order valence-electron chi connectivity index (χ4n) is 2.21. The second kappa shape index (κ2) is 6.40. The van der Waals surface area contributed by atoms with Crippen LogP contribution in [0, 0.1) is 5.41 Å². The number of hydrogen-bond acceptors (Lipinski definition) is 3. The van der Waals surface area contributed by atoms with Crippen molar-refractivity contribution < 1.29 is 9.84 Å². The van der Waals surface area contributed by atoms with Gasteiger partial charge in [0.05, 0.1) is 13.2 Å². The first-order valence-electron chi connectivity index (χ1n) is 6.77. The molecule has 0 saturated carbocycles. The average molecular weight is 265 g/mol. The number of rotatable bonds is 5. The Morgan fingerprint density at radius 3 is 2.16 bits per heavy atom. The summed E-state index contributed by atoms with van der Waals surface area (Å²) in [5.41, 5.74) is 1.15. The molecule has 2 atom stereocenters. The van der Waals surface area contributed by atoms with Crippen molar-refractivity contribution in [2.75, 3.05) is 20.7 Å².